The summed E-state index contributed by atoms with van der Waals surface area (Å²) >= 11 is 0. The molecule has 3 aromatic rings. The molecule has 0 heterocycles. The van der Waals surface area contributed by atoms with Crippen LogP contribution in [0.4, 0.5) is 0 Å². The summed E-state index contributed by atoms with van der Waals surface area (Å²) < 4.78 is 0. The van der Waals surface area contributed by atoms with Crippen molar-refractivity contribution in [3.8, 4) is 12.1 Å². The van der Waals surface area contributed by atoms with Gasteiger partial charge >= 0.3 is 0 Å². The molecule has 3 aromatic carbocycles. The van der Waals surface area contributed by atoms with Crippen molar-refractivity contribution in [2.24, 2.45) is 5.92 Å². The van der Waals surface area contributed by atoms with E-state index in [0.717, 1.165) is 16.3 Å². The Morgan fingerprint density at radius 2 is 1.48 bits per heavy atom. The first-order valence-electron chi connectivity index (χ1n) is 8.09. The summed E-state index contributed by atoms with van der Waals surface area (Å²) in [6, 6.07) is 26.7. The maximum absolute atomic E-state index is 12.7. The van der Waals surface area contributed by atoms with E-state index < -0.39 is 11.8 Å². The highest BCUT2D eigenvalue weighted by Gasteiger charge is 2.27. The van der Waals surface area contributed by atoms with Gasteiger partial charge in [-0.15, -0.1) is 0 Å². The minimum Gasteiger partial charge on any atom is -0.294 e. The predicted octanol–water partition coefficient (Wildman–Crippen LogP) is 4.86. The molecule has 0 aliphatic rings. The third-order valence-electron chi connectivity index (χ3n) is 4.40. The standard InChI is InChI=1S/C22H16N2O/c23-14-18(15-24)21(13-22(25)17-8-2-1-3-9-17)20-12-6-10-16-7-4-5-11-19(16)20/h1-12,18,21H,13H2/t21-/m0/s1. The molecule has 1 atom stereocenters. The minimum absolute atomic E-state index is 0.0611. The van der Waals surface area contributed by atoms with Crippen LogP contribution in [0, 0.1) is 28.6 Å². The summed E-state index contributed by atoms with van der Waals surface area (Å²) in [5.74, 6) is -1.40. The van der Waals surface area contributed by atoms with E-state index in [-0.39, 0.29) is 12.2 Å². The molecule has 3 rings (SSSR count). The van der Waals surface area contributed by atoms with Crippen LogP contribution in [-0.2, 0) is 0 Å². The third-order valence-corrected chi connectivity index (χ3v) is 4.40. The zero-order valence-electron chi connectivity index (χ0n) is 13.6. The lowest BCUT2D eigenvalue weighted by atomic mass is 9.81. The van der Waals surface area contributed by atoms with Crippen LogP contribution in [0.3, 0.4) is 0 Å². The van der Waals surface area contributed by atoms with E-state index >= 15 is 0 Å². The zero-order valence-corrected chi connectivity index (χ0v) is 13.6. The highest BCUT2D eigenvalue weighted by molar-refractivity contribution is 5.97. The Labute approximate surface area is 146 Å². The Balaban J connectivity index is 2.05. The van der Waals surface area contributed by atoms with Gasteiger partial charge < -0.3 is 0 Å². The second-order valence-corrected chi connectivity index (χ2v) is 5.90. The average molecular weight is 324 g/mol. The van der Waals surface area contributed by atoms with Gasteiger partial charge in [0, 0.05) is 17.9 Å². The normalized spacial score (nSPS) is 11.6. The smallest absolute Gasteiger partial charge is 0.163 e. The van der Waals surface area contributed by atoms with E-state index in [9.17, 15) is 15.3 Å². The molecule has 0 aromatic heterocycles. The number of hydrogen-bond donors (Lipinski definition) is 0. The Morgan fingerprint density at radius 3 is 2.20 bits per heavy atom. The second-order valence-electron chi connectivity index (χ2n) is 5.90. The largest absolute Gasteiger partial charge is 0.294 e. The lowest BCUT2D eigenvalue weighted by Crippen LogP contribution is -2.15. The van der Waals surface area contributed by atoms with Crippen LogP contribution in [-0.4, -0.2) is 5.78 Å². The van der Waals surface area contributed by atoms with Gasteiger partial charge in [-0.25, -0.2) is 0 Å². The number of Topliss-reactive ketones (excluding diaryl/α,β-unsaturated/α-hetero) is 1. The molecule has 0 bridgehead atoms. The van der Waals surface area contributed by atoms with Crippen LogP contribution in [0.1, 0.15) is 28.3 Å². The maximum Gasteiger partial charge on any atom is 0.163 e. The van der Waals surface area contributed by atoms with Crippen molar-refractivity contribution in [1.82, 2.24) is 0 Å². The molecule has 0 aliphatic heterocycles. The summed E-state index contributed by atoms with van der Waals surface area (Å²) in [4.78, 5) is 12.7. The van der Waals surface area contributed by atoms with Crippen molar-refractivity contribution >= 4 is 16.6 Å². The molecular weight excluding hydrogens is 308 g/mol. The zero-order chi connectivity index (χ0) is 17.6. The van der Waals surface area contributed by atoms with Crippen molar-refractivity contribution in [1.29, 1.82) is 10.5 Å². The van der Waals surface area contributed by atoms with Crippen LogP contribution >= 0.6 is 0 Å². The monoisotopic (exact) mass is 324 g/mol. The quantitative estimate of drug-likeness (QED) is 0.629. The van der Waals surface area contributed by atoms with Crippen molar-refractivity contribution in [2.45, 2.75) is 12.3 Å². The summed E-state index contributed by atoms with van der Waals surface area (Å²) in [6.07, 6.45) is 0.129. The van der Waals surface area contributed by atoms with Gasteiger partial charge in [-0.05, 0) is 16.3 Å². The first-order chi connectivity index (χ1) is 12.2. The molecule has 3 nitrogen and oxygen atoms in total. The van der Waals surface area contributed by atoms with Crippen molar-refractivity contribution in [3.05, 3.63) is 83.9 Å². The Kier molecular flexibility index (Phi) is 4.88. The highest BCUT2D eigenvalue weighted by atomic mass is 16.1. The lowest BCUT2D eigenvalue weighted by molar-refractivity contribution is 0.0971. The molecule has 0 unspecified atom stereocenters. The lowest BCUT2D eigenvalue weighted by Gasteiger charge is -2.19. The molecule has 0 saturated heterocycles. The molecule has 0 aliphatic carbocycles. The molecule has 3 heteroatoms. The fourth-order valence-corrected chi connectivity index (χ4v) is 3.13. The Hall–Kier alpha value is -3.43. The molecule has 120 valence electrons. The number of benzene rings is 3. The van der Waals surface area contributed by atoms with Crippen molar-refractivity contribution in [2.75, 3.05) is 0 Å². The first kappa shape index (κ1) is 16.4. The number of rotatable bonds is 5. The first-order valence-corrected chi connectivity index (χ1v) is 8.09. The predicted molar refractivity (Wildman–Crippen MR) is 96.8 cm³/mol. The molecule has 25 heavy (non-hydrogen) atoms. The average Bonchev–Trinajstić information content (AvgIpc) is 2.68. The fraction of sp³-hybridized carbons (Fsp3) is 0.136. The Morgan fingerprint density at radius 1 is 0.840 bits per heavy atom. The van der Waals surface area contributed by atoms with Gasteiger partial charge in [0.1, 0.15) is 5.92 Å². The summed E-state index contributed by atoms with van der Waals surface area (Å²) in [5.41, 5.74) is 1.47. The molecular formula is C22H16N2O. The Bertz CT molecular complexity index is 961. The molecule has 0 amide bonds. The van der Waals surface area contributed by atoms with E-state index in [1.165, 1.54) is 0 Å². The third kappa shape index (κ3) is 3.42. The van der Waals surface area contributed by atoms with Gasteiger partial charge in [-0.3, -0.25) is 4.79 Å². The van der Waals surface area contributed by atoms with Crippen molar-refractivity contribution < 1.29 is 4.79 Å². The number of carbonyl (C=O) groups excluding carboxylic acids is 1. The molecule has 0 saturated carbocycles. The number of fused-ring (bicyclic) bond motifs is 1. The van der Waals surface area contributed by atoms with E-state index in [4.69, 9.17) is 0 Å². The minimum atomic E-state index is -0.876. The van der Waals surface area contributed by atoms with Gasteiger partial charge in [0.25, 0.3) is 0 Å². The number of hydrogen-bond acceptors (Lipinski definition) is 3. The van der Waals surface area contributed by atoms with Crippen LogP contribution < -0.4 is 0 Å². The summed E-state index contributed by atoms with van der Waals surface area (Å²) in [7, 11) is 0. The van der Waals surface area contributed by atoms with Crippen LogP contribution in [0.15, 0.2) is 72.8 Å². The van der Waals surface area contributed by atoms with E-state index in [0.29, 0.717) is 5.56 Å². The van der Waals surface area contributed by atoms with E-state index in [1.54, 1.807) is 12.1 Å². The van der Waals surface area contributed by atoms with Gasteiger partial charge in [0.2, 0.25) is 0 Å². The number of nitriles is 2. The second kappa shape index (κ2) is 7.43. The summed E-state index contributed by atoms with van der Waals surface area (Å²) in [5, 5.41) is 20.9. The van der Waals surface area contributed by atoms with Gasteiger partial charge in [0.15, 0.2) is 5.78 Å². The molecule has 0 fully saturated rings. The molecule has 0 N–H and O–H groups in total. The topological polar surface area (TPSA) is 64.7 Å². The highest BCUT2D eigenvalue weighted by Crippen LogP contribution is 2.34. The van der Waals surface area contributed by atoms with E-state index in [1.807, 2.05) is 60.7 Å². The number of nitrogens with zero attached hydrogens (tertiary/aromatic N) is 2. The van der Waals surface area contributed by atoms with Gasteiger partial charge in [-0.2, -0.15) is 10.5 Å². The summed E-state index contributed by atoms with van der Waals surface area (Å²) in [6.45, 7) is 0. The number of ketones is 1. The van der Waals surface area contributed by atoms with Gasteiger partial charge in [0.05, 0.1) is 12.1 Å². The SMILES string of the molecule is N#CC(C#N)[C@H](CC(=O)c1ccccc1)c1cccc2ccccc12. The van der Waals surface area contributed by atoms with Crippen LogP contribution in [0.5, 0.6) is 0 Å². The fourth-order valence-electron chi connectivity index (χ4n) is 3.13. The van der Waals surface area contributed by atoms with Crippen molar-refractivity contribution in [3.63, 3.8) is 0 Å². The van der Waals surface area contributed by atoms with Crippen LogP contribution in [0.25, 0.3) is 10.8 Å². The van der Waals surface area contributed by atoms with E-state index in [2.05, 4.69) is 12.1 Å². The molecule has 0 spiro atoms. The van der Waals surface area contributed by atoms with Gasteiger partial charge in [-0.1, -0.05) is 72.8 Å². The van der Waals surface area contributed by atoms with Crippen LogP contribution in [0.2, 0.25) is 0 Å². The molecule has 0 radical (unpaired) electrons. The number of carbonyl (C=O) groups is 1. The maximum atomic E-state index is 12.7.